The number of nitrogens with one attached hydrogen (secondary N) is 1. The van der Waals surface area contributed by atoms with E-state index in [0.717, 1.165) is 17.8 Å². The molecule has 5 nitrogen and oxygen atoms in total. The predicted octanol–water partition coefficient (Wildman–Crippen LogP) is 1.90. The molecular weight excluding hydrogens is 320 g/mol. The summed E-state index contributed by atoms with van der Waals surface area (Å²) in [5.74, 6) is 1.58. The second-order valence-corrected chi connectivity index (χ2v) is 7.88. The van der Waals surface area contributed by atoms with Gasteiger partial charge in [-0.15, -0.1) is 0 Å². The summed E-state index contributed by atoms with van der Waals surface area (Å²) in [4.78, 5) is 14.2. The number of halogens is 1. The summed E-state index contributed by atoms with van der Waals surface area (Å²) in [5, 5.41) is 0.402. The summed E-state index contributed by atoms with van der Waals surface area (Å²) >= 11 is 7.72. The average molecular weight is 335 g/mol. The van der Waals surface area contributed by atoms with Gasteiger partial charge in [-0.3, -0.25) is 9.52 Å². The van der Waals surface area contributed by atoms with Gasteiger partial charge in [-0.25, -0.2) is 8.42 Å². The lowest BCUT2D eigenvalue weighted by Gasteiger charge is -2.27. The molecule has 1 N–H and O–H groups in total. The van der Waals surface area contributed by atoms with Gasteiger partial charge in [0, 0.05) is 29.6 Å². The fraction of sp³-hybridized carbons (Fsp3) is 0.417. The Morgan fingerprint density at radius 2 is 2.00 bits per heavy atom. The minimum absolute atomic E-state index is 0.195. The van der Waals surface area contributed by atoms with E-state index in [4.69, 9.17) is 11.6 Å². The number of benzene rings is 1. The van der Waals surface area contributed by atoms with Crippen molar-refractivity contribution in [3.63, 3.8) is 0 Å². The van der Waals surface area contributed by atoms with E-state index in [1.807, 2.05) is 0 Å². The highest BCUT2D eigenvalue weighted by Gasteiger charge is 2.22. The fourth-order valence-electron chi connectivity index (χ4n) is 1.92. The number of hydrogen-bond donors (Lipinski definition) is 1. The molecule has 0 unspecified atom stereocenters. The quantitative estimate of drug-likeness (QED) is 0.916. The van der Waals surface area contributed by atoms with Crippen LogP contribution in [0.1, 0.15) is 10.4 Å². The standard InChI is InChI=1S/C12H15ClN2O3S2/c1-20(17,18)14-11-3-2-9(13)8-10(11)12(16)15-4-6-19-7-5-15/h2-3,8,14H,4-7H2,1H3. The van der Waals surface area contributed by atoms with Crippen LogP contribution < -0.4 is 4.72 Å². The first-order chi connectivity index (χ1) is 9.37. The van der Waals surface area contributed by atoms with Crippen LogP contribution >= 0.6 is 23.4 Å². The molecule has 0 radical (unpaired) electrons. The van der Waals surface area contributed by atoms with Crippen molar-refractivity contribution in [3.8, 4) is 0 Å². The van der Waals surface area contributed by atoms with E-state index in [-0.39, 0.29) is 17.2 Å². The molecule has 0 atom stereocenters. The molecule has 1 aromatic carbocycles. The molecule has 1 aliphatic rings. The Hall–Kier alpha value is -0.920. The summed E-state index contributed by atoms with van der Waals surface area (Å²) < 4.78 is 25.1. The minimum Gasteiger partial charge on any atom is -0.337 e. The molecule has 20 heavy (non-hydrogen) atoms. The van der Waals surface area contributed by atoms with Crippen molar-refractivity contribution in [2.24, 2.45) is 0 Å². The van der Waals surface area contributed by atoms with Crippen molar-refractivity contribution in [3.05, 3.63) is 28.8 Å². The number of carbonyl (C=O) groups is 1. The number of anilines is 1. The van der Waals surface area contributed by atoms with Crippen LogP contribution in [-0.4, -0.2) is 50.1 Å². The Morgan fingerprint density at radius 1 is 1.35 bits per heavy atom. The van der Waals surface area contributed by atoms with Gasteiger partial charge in [-0.05, 0) is 18.2 Å². The van der Waals surface area contributed by atoms with Gasteiger partial charge in [0.2, 0.25) is 10.0 Å². The largest absolute Gasteiger partial charge is 0.337 e. The molecule has 0 spiro atoms. The zero-order chi connectivity index (χ0) is 14.8. The fourth-order valence-corrected chi connectivity index (χ4v) is 3.57. The molecule has 1 heterocycles. The highest BCUT2D eigenvalue weighted by molar-refractivity contribution is 7.99. The van der Waals surface area contributed by atoms with E-state index >= 15 is 0 Å². The Kier molecular flexibility index (Phi) is 4.82. The van der Waals surface area contributed by atoms with Gasteiger partial charge in [0.1, 0.15) is 0 Å². The summed E-state index contributed by atoms with van der Waals surface area (Å²) in [6, 6.07) is 4.56. The molecule has 8 heteroatoms. The van der Waals surface area contributed by atoms with Gasteiger partial charge in [0.25, 0.3) is 5.91 Å². The molecule has 1 amide bonds. The molecule has 1 aromatic rings. The van der Waals surface area contributed by atoms with Crippen LogP contribution in [0.25, 0.3) is 0 Å². The number of thioether (sulfide) groups is 1. The molecule has 2 rings (SSSR count). The summed E-state index contributed by atoms with van der Waals surface area (Å²) in [5.41, 5.74) is 0.551. The first kappa shape index (κ1) is 15.5. The number of rotatable bonds is 3. The van der Waals surface area contributed by atoms with Crippen molar-refractivity contribution in [2.75, 3.05) is 35.6 Å². The van der Waals surface area contributed by atoms with Gasteiger partial charge >= 0.3 is 0 Å². The van der Waals surface area contributed by atoms with Crippen molar-refractivity contribution < 1.29 is 13.2 Å². The molecule has 0 saturated carbocycles. The van der Waals surface area contributed by atoms with Crippen molar-refractivity contribution in [1.29, 1.82) is 0 Å². The maximum Gasteiger partial charge on any atom is 0.256 e. The molecular formula is C12H15ClN2O3S2. The summed E-state index contributed by atoms with van der Waals surface area (Å²) in [7, 11) is -3.44. The van der Waals surface area contributed by atoms with Crippen LogP contribution in [0.4, 0.5) is 5.69 Å². The van der Waals surface area contributed by atoms with Crippen LogP contribution in [-0.2, 0) is 10.0 Å². The molecule has 1 fully saturated rings. The van der Waals surface area contributed by atoms with Crippen LogP contribution in [0.15, 0.2) is 18.2 Å². The lowest BCUT2D eigenvalue weighted by Crippen LogP contribution is -2.38. The number of amides is 1. The third-order valence-electron chi connectivity index (χ3n) is 2.81. The third kappa shape index (κ3) is 4.04. The predicted molar refractivity (Wildman–Crippen MR) is 83.1 cm³/mol. The lowest BCUT2D eigenvalue weighted by atomic mass is 10.1. The SMILES string of the molecule is CS(=O)(=O)Nc1ccc(Cl)cc1C(=O)N1CCSCC1. The molecule has 1 saturated heterocycles. The molecule has 0 aromatic heterocycles. The average Bonchev–Trinajstić information content (AvgIpc) is 2.39. The van der Waals surface area contributed by atoms with Crippen LogP contribution in [0, 0.1) is 0 Å². The topological polar surface area (TPSA) is 66.5 Å². The third-order valence-corrected chi connectivity index (χ3v) is 4.57. The van der Waals surface area contributed by atoms with Crippen LogP contribution in [0.5, 0.6) is 0 Å². The second kappa shape index (κ2) is 6.24. The zero-order valence-electron chi connectivity index (χ0n) is 10.9. The Balaban J connectivity index is 2.33. The van der Waals surface area contributed by atoms with E-state index in [1.54, 1.807) is 22.7 Å². The van der Waals surface area contributed by atoms with Gasteiger partial charge in [0.05, 0.1) is 17.5 Å². The van der Waals surface area contributed by atoms with Crippen LogP contribution in [0.2, 0.25) is 5.02 Å². The first-order valence-electron chi connectivity index (χ1n) is 6.01. The molecule has 1 aliphatic heterocycles. The van der Waals surface area contributed by atoms with E-state index < -0.39 is 10.0 Å². The maximum atomic E-state index is 12.5. The summed E-state index contributed by atoms with van der Waals surface area (Å²) in [6.07, 6.45) is 1.05. The van der Waals surface area contributed by atoms with E-state index in [2.05, 4.69) is 4.72 Å². The minimum atomic E-state index is -3.44. The van der Waals surface area contributed by atoms with E-state index in [9.17, 15) is 13.2 Å². The van der Waals surface area contributed by atoms with Gasteiger partial charge in [0.15, 0.2) is 0 Å². The van der Waals surface area contributed by atoms with Gasteiger partial charge in [-0.1, -0.05) is 11.6 Å². The van der Waals surface area contributed by atoms with Gasteiger partial charge in [-0.2, -0.15) is 11.8 Å². The monoisotopic (exact) mass is 334 g/mol. The number of sulfonamides is 1. The molecule has 0 aliphatic carbocycles. The Morgan fingerprint density at radius 3 is 2.60 bits per heavy atom. The van der Waals surface area contributed by atoms with Crippen molar-refractivity contribution in [1.82, 2.24) is 4.90 Å². The van der Waals surface area contributed by atoms with Crippen LogP contribution in [0.3, 0.4) is 0 Å². The Labute approximate surface area is 127 Å². The zero-order valence-corrected chi connectivity index (χ0v) is 13.3. The van der Waals surface area contributed by atoms with Gasteiger partial charge < -0.3 is 4.90 Å². The summed E-state index contributed by atoms with van der Waals surface area (Å²) in [6.45, 7) is 1.32. The highest BCUT2D eigenvalue weighted by Crippen LogP contribution is 2.24. The maximum absolute atomic E-state index is 12.5. The molecule has 110 valence electrons. The van der Waals surface area contributed by atoms with E-state index in [0.29, 0.717) is 18.1 Å². The first-order valence-corrected chi connectivity index (χ1v) is 9.43. The number of nitrogens with zero attached hydrogens (tertiary/aromatic N) is 1. The lowest BCUT2D eigenvalue weighted by molar-refractivity contribution is 0.0773. The Bertz CT molecular complexity index is 613. The van der Waals surface area contributed by atoms with Crippen molar-refractivity contribution in [2.45, 2.75) is 0 Å². The smallest absolute Gasteiger partial charge is 0.256 e. The number of carbonyl (C=O) groups excluding carboxylic acids is 1. The highest BCUT2D eigenvalue weighted by atomic mass is 35.5. The van der Waals surface area contributed by atoms with Crippen molar-refractivity contribution >= 4 is 45.0 Å². The number of hydrogen-bond acceptors (Lipinski definition) is 4. The molecule has 0 bridgehead atoms. The van der Waals surface area contributed by atoms with E-state index in [1.165, 1.54) is 12.1 Å². The second-order valence-electron chi connectivity index (χ2n) is 4.47. The normalized spacial score (nSPS) is 16.0.